The molecule has 0 saturated heterocycles. The van der Waals surface area contributed by atoms with Crippen molar-refractivity contribution in [3.63, 3.8) is 0 Å². The van der Waals surface area contributed by atoms with Crippen LogP contribution in [0, 0.1) is 10.1 Å². The molecule has 0 spiro atoms. The van der Waals surface area contributed by atoms with Gasteiger partial charge in [0.05, 0.1) is 11.0 Å². The first-order valence-corrected chi connectivity index (χ1v) is 7.47. The molecule has 0 saturated carbocycles. The Kier molecular flexibility index (Phi) is 4.62. The molecule has 1 aromatic heterocycles. The fraction of sp³-hybridized carbons (Fsp3) is 0.176. The Balaban J connectivity index is 1.65. The van der Waals surface area contributed by atoms with Crippen LogP contribution in [0.3, 0.4) is 0 Å². The molecular weight excluding hydrogens is 308 g/mol. The summed E-state index contributed by atoms with van der Waals surface area (Å²) in [6.45, 7) is 0. The Morgan fingerprint density at radius 1 is 1.08 bits per heavy atom. The number of non-ortho nitro benzene ring substituents is 1. The van der Waals surface area contributed by atoms with Crippen molar-refractivity contribution in [1.29, 1.82) is 0 Å². The third kappa shape index (κ3) is 3.82. The monoisotopic (exact) mass is 324 g/mol. The van der Waals surface area contributed by atoms with Gasteiger partial charge in [-0.05, 0) is 17.5 Å². The topological polar surface area (TPSA) is 108 Å². The van der Waals surface area contributed by atoms with Crippen molar-refractivity contribution in [2.24, 2.45) is 5.73 Å². The third-order valence-corrected chi connectivity index (χ3v) is 3.61. The third-order valence-electron chi connectivity index (χ3n) is 3.61. The molecule has 1 unspecified atom stereocenters. The SMILES string of the molecule is NC(Cc1ccccc1)c1nc(Cc2ccc([N+](=O)[O-])cc2)no1. The van der Waals surface area contributed by atoms with Gasteiger partial charge in [0.1, 0.15) is 0 Å². The average molecular weight is 324 g/mol. The summed E-state index contributed by atoms with van der Waals surface area (Å²) in [5, 5.41) is 14.6. The molecule has 0 aliphatic heterocycles. The van der Waals surface area contributed by atoms with Gasteiger partial charge in [-0.1, -0.05) is 47.6 Å². The van der Waals surface area contributed by atoms with Gasteiger partial charge in [0, 0.05) is 18.6 Å². The van der Waals surface area contributed by atoms with Crippen LogP contribution in [0.5, 0.6) is 0 Å². The fourth-order valence-corrected chi connectivity index (χ4v) is 2.36. The van der Waals surface area contributed by atoms with Crippen molar-refractivity contribution in [3.05, 3.63) is 87.6 Å². The Hall–Kier alpha value is -3.06. The molecule has 0 fully saturated rings. The molecule has 2 N–H and O–H groups in total. The van der Waals surface area contributed by atoms with Gasteiger partial charge >= 0.3 is 0 Å². The number of rotatable bonds is 6. The average Bonchev–Trinajstić information content (AvgIpc) is 3.05. The molecule has 7 nitrogen and oxygen atoms in total. The Morgan fingerprint density at radius 2 is 1.79 bits per heavy atom. The summed E-state index contributed by atoms with van der Waals surface area (Å²) in [6, 6.07) is 15.7. The second-order valence-electron chi connectivity index (χ2n) is 5.45. The summed E-state index contributed by atoms with van der Waals surface area (Å²) in [6.07, 6.45) is 1.04. The van der Waals surface area contributed by atoms with Crippen LogP contribution in [0.25, 0.3) is 0 Å². The number of hydrogen-bond acceptors (Lipinski definition) is 6. The van der Waals surface area contributed by atoms with Gasteiger partial charge in [-0.3, -0.25) is 10.1 Å². The second kappa shape index (κ2) is 7.01. The van der Waals surface area contributed by atoms with E-state index >= 15 is 0 Å². The summed E-state index contributed by atoms with van der Waals surface area (Å²) in [5.41, 5.74) is 8.13. The zero-order valence-corrected chi connectivity index (χ0v) is 12.8. The van der Waals surface area contributed by atoms with Gasteiger partial charge in [-0.15, -0.1) is 0 Å². The molecule has 3 aromatic rings. The highest BCUT2D eigenvalue weighted by Gasteiger charge is 2.16. The van der Waals surface area contributed by atoms with E-state index in [4.69, 9.17) is 10.3 Å². The Bertz CT molecular complexity index is 815. The quantitative estimate of drug-likeness (QED) is 0.551. The van der Waals surface area contributed by atoms with Crippen molar-refractivity contribution < 1.29 is 9.45 Å². The predicted octanol–water partition coefficient (Wildman–Crippen LogP) is 2.81. The number of aromatic nitrogens is 2. The van der Waals surface area contributed by atoms with Crippen LogP contribution in [0.2, 0.25) is 0 Å². The first-order chi connectivity index (χ1) is 11.6. The lowest BCUT2D eigenvalue weighted by molar-refractivity contribution is -0.384. The molecule has 122 valence electrons. The number of nitrogens with two attached hydrogens (primary N) is 1. The van der Waals surface area contributed by atoms with E-state index in [0.717, 1.165) is 11.1 Å². The van der Waals surface area contributed by atoms with Gasteiger partial charge in [0.2, 0.25) is 5.89 Å². The maximum Gasteiger partial charge on any atom is 0.269 e. The Morgan fingerprint density at radius 3 is 2.46 bits per heavy atom. The zero-order chi connectivity index (χ0) is 16.9. The van der Waals surface area contributed by atoms with Crippen LogP contribution in [0.1, 0.15) is 28.9 Å². The lowest BCUT2D eigenvalue weighted by Gasteiger charge is -2.05. The summed E-state index contributed by atoms with van der Waals surface area (Å²) < 4.78 is 5.24. The van der Waals surface area contributed by atoms with Crippen molar-refractivity contribution in [2.45, 2.75) is 18.9 Å². The minimum Gasteiger partial charge on any atom is -0.338 e. The smallest absolute Gasteiger partial charge is 0.269 e. The maximum absolute atomic E-state index is 10.7. The lowest BCUT2D eigenvalue weighted by Crippen LogP contribution is -2.13. The van der Waals surface area contributed by atoms with Crippen LogP contribution in [0.15, 0.2) is 59.1 Å². The normalized spacial score (nSPS) is 12.0. The number of nitro benzene ring substituents is 1. The van der Waals surface area contributed by atoms with Crippen molar-refractivity contribution in [1.82, 2.24) is 10.1 Å². The molecule has 0 radical (unpaired) electrons. The number of nitro groups is 1. The van der Waals surface area contributed by atoms with Crippen LogP contribution in [-0.4, -0.2) is 15.1 Å². The molecule has 2 aromatic carbocycles. The largest absolute Gasteiger partial charge is 0.338 e. The molecule has 0 bridgehead atoms. The van der Waals surface area contributed by atoms with Crippen LogP contribution < -0.4 is 5.73 Å². The van der Waals surface area contributed by atoms with Crippen molar-refractivity contribution in [3.8, 4) is 0 Å². The molecule has 0 aliphatic rings. The summed E-state index contributed by atoms with van der Waals surface area (Å²) in [5.74, 6) is 0.887. The highest BCUT2D eigenvalue weighted by molar-refractivity contribution is 5.33. The molecule has 24 heavy (non-hydrogen) atoms. The molecule has 0 aliphatic carbocycles. The van der Waals surface area contributed by atoms with E-state index in [-0.39, 0.29) is 11.7 Å². The van der Waals surface area contributed by atoms with Gasteiger partial charge in [0.15, 0.2) is 5.82 Å². The highest BCUT2D eigenvalue weighted by atomic mass is 16.6. The van der Waals surface area contributed by atoms with Crippen molar-refractivity contribution >= 4 is 5.69 Å². The van der Waals surface area contributed by atoms with E-state index in [0.29, 0.717) is 24.6 Å². The maximum atomic E-state index is 10.7. The van der Waals surface area contributed by atoms with Crippen LogP contribution >= 0.6 is 0 Å². The lowest BCUT2D eigenvalue weighted by atomic mass is 10.1. The van der Waals surface area contributed by atoms with E-state index in [2.05, 4.69) is 10.1 Å². The van der Waals surface area contributed by atoms with Gasteiger partial charge in [0.25, 0.3) is 5.69 Å². The number of hydrogen-bond donors (Lipinski definition) is 1. The van der Waals surface area contributed by atoms with Crippen LogP contribution in [-0.2, 0) is 12.8 Å². The standard InChI is InChI=1S/C17H16N4O3/c18-15(10-12-4-2-1-3-5-12)17-19-16(20-24-17)11-13-6-8-14(9-7-13)21(22)23/h1-9,15H,10-11,18H2. The highest BCUT2D eigenvalue weighted by Crippen LogP contribution is 2.17. The molecule has 1 heterocycles. The van der Waals surface area contributed by atoms with Gasteiger partial charge < -0.3 is 10.3 Å². The first-order valence-electron chi connectivity index (χ1n) is 7.47. The fourth-order valence-electron chi connectivity index (χ4n) is 2.36. The van der Waals surface area contributed by atoms with Crippen molar-refractivity contribution in [2.75, 3.05) is 0 Å². The van der Waals surface area contributed by atoms with E-state index in [1.165, 1.54) is 12.1 Å². The summed E-state index contributed by atoms with van der Waals surface area (Å²) in [7, 11) is 0. The molecule has 0 amide bonds. The van der Waals surface area contributed by atoms with E-state index in [1.54, 1.807) is 12.1 Å². The van der Waals surface area contributed by atoms with Gasteiger partial charge in [-0.2, -0.15) is 4.98 Å². The number of benzene rings is 2. The minimum atomic E-state index is -0.432. The van der Waals surface area contributed by atoms with E-state index < -0.39 is 4.92 Å². The second-order valence-corrected chi connectivity index (χ2v) is 5.45. The minimum absolute atomic E-state index is 0.0532. The van der Waals surface area contributed by atoms with E-state index in [1.807, 2.05) is 30.3 Å². The van der Waals surface area contributed by atoms with E-state index in [9.17, 15) is 10.1 Å². The van der Waals surface area contributed by atoms with Crippen LogP contribution in [0.4, 0.5) is 5.69 Å². The summed E-state index contributed by atoms with van der Waals surface area (Å²) in [4.78, 5) is 14.5. The predicted molar refractivity (Wildman–Crippen MR) is 87.3 cm³/mol. The first kappa shape index (κ1) is 15.8. The molecular formula is C17H16N4O3. The molecule has 3 rings (SSSR count). The molecule has 7 heteroatoms. The van der Waals surface area contributed by atoms with Gasteiger partial charge in [-0.25, -0.2) is 0 Å². The summed E-state index contributed by atoms with van der Waals surface area (Å²) >= 11 is 0. The number of nitrogens with zero attached hydrogens (tertiary/aromatic N) is 3. The Labute approximate surface area is 138 Å². The zero-order valence-electron chi connectivity index (χ0n) is 12.8. The molecule has 1 atom stereocenters.